The second kappa shape index (κ2) is 5.44. The largest absolute Gasteiger partial charge is 0.476 e. The van der Waals surface area contributed by atoms with Crippen LogP contribution in [0.15, 0.2) is 24.6 Å². The van der Waals surface area contributed by atoms with Gasteiger partial charge in [-0.2, -0.15) is 0 Å². The number of aryl methyl sites for hydroxylation is 1. The van der Waals surface area contributed by atoms with Gasteiger partial charge in [-0.1, -0.05) is 6.92 Å². The van der Waals surface area contributed by atoms with E-state index in [-0.39, 0.29) is 6.04 Å². The summed E-state index contributed by atoms with van der Waals surface area (Å²) in [6.07, 6.45) is 5.69. The summed E-state index contributed by atoms with van der Waals surface area (Å²) >= 11 is 0. The van der Waals surface area contributed by atoms with Crippen LogP contribution in [0.1, 0.15) is 50.0 Å². The third-order valence-corrected chi connectivity index (χ3v) is 4.01. The number of anilines is 1. The Balaban J connectivity index is 1.82. The molecule has 1 aliphatic carbocycles. The first-order valence-electron chi connectivity index (χ1n) is 7.57. The quantitative estimate of drug-likeness (QED) is 0.838. The molecule has 1 unspecified atom stereocenters. The number of pyridine rings is 1. The Kier molecular flexibility index (Phi) is 3.66. The number of nitrogens with two attached hydrogens (primary N) is 1. The molecule has 108 valence electrons. The van der Waals surface area contributed by atoms with Gasteiger partial charge < -0.3 is 15.4 Å². The first-order chi connectivity index (χ1) is 9.69. The van der Waals surface area contributed by atoms with Crippen LogP contribution in [-0.4, -0.2) is 17.6 Å². The van der Waals surface area contributed by atoms with E-state index in [2.05, 4.69) is 24.5 Å². The minimum absolute atomic E-state index is 0.0293. The fourth-order valence-electron chi connectivity index (χ4n) is 2.58. The van der Waals surface area contributed by atoms with Crippen LogP contribution in [-0.2, 0) is 11.2 Å². The number of nitrogens with zero attached hydrogens (tertiary/aromatic N) is 2. The maximum atomic E-state index is 6.08. The Morgan fingerprint density at radius 3 is 3.05 bits per heavy atom. The van der Waals surface area contributed by atoms with Gasteiger partial charge in [0.2, 0.25) is 0 Å². The predicted octanol–water partition coefficient (Wildman–Crippen LogP) is 2.89. The Morgan fingerprint density at radius 1 is 1.55 bits per heavy atom. The minimum atomic E-state index is 0.0293. The van der Waals surface area contributed by atoms with Crippen LogP contribution in [0.4, 0.5) is 5.69 Å². The van der Waals surface area contributed by atoms with E-state index >= 15 is 0 Å². The summed E-state index contributed by atoms with van der Waals surface area (Å²) in [4.78, 5) is 6.91. The molecular weight excluding hydrogens is 250 g/mol. The second-order valence-corrected chi connectivity index (χ2v) is 5.68. The Bertz CT molecular complexity index is 510. The summed E-state index contributed by atoms with van der Waals surface area (Å²) in [5.41, 5.74) is 9.32. The van der Waals surface area contributed by atoms with Crippen LogP contribution in [0.25, 0.3) is 0 Å². The normalized spacial score (nSPS) is 19.4. The van der Waals surface area contributed by atoms with E-state index in [0.717, 1.165) is 61.6 Å². The molecule has 1 saturated carbocycles. The molecule has 2 aliphatic rings. The molecule has 1 aliphatic heterocycles. The van der Waals surface area contributed by atoms with Crippen LogP contribution in [0, 0.1) is 0 Å². The van der Waals surface area contributed by atoms with Crippen molar-refractivity contribution in [1.29, 1.82) is 0 Å². The number of hydrogen-bond donors (Lipinski definition) is 1. The van der Waals surface area contributed by atoms with Crippen LogP contribution in [0.5, 0.6) is 0 Å². The fraction of sp³-hybridized carbons (Fsp3) is 0.562. The predicted molar refractivity (Wildman–Crippen MR) is 80.4 cm³/mol. The van der Waals surface area contributed by atoms with Crippen molar-refractivity contribution in [3.8, 4) is 0 Å². The van der Waals surface area contributed by atoms with Gasteiger partial charge in [-0.25, -0.2) is 0 Å². The monoisotopic (exact) mass is 273 g/mol. The fourth-order valence-corrected chi connectivity index (χ4v) is 2.58. The van der Waals surface area contributed by atoms with Gasteiger partial charge in [0.15, 0.2) is 5.88 Å². The first kappa shape index (κ1) is 13.4. The van der Waals surface area contributed by atoms with E-state index in [1.165, 1.54) is 0 Å². The van der Waals surface area contributed by atoms with Crippen LogP contribution < -0.4 is 10.6 Å². The summed E-state index contributed by atoms with van der Waals surface area (Å²) in [6.45, 7) is 7.13. The zero-order valence-electron chi connectivity index (χ0n) is 12.1. The lowest BCUT2D eigenvalue weighted by Crippen LogP contribution is -2.30. The SMILES string of the molecule is C=C(OC1CC1)N1CCCc2nc(C(N)CC)ccc21. The van der Waals surface area contributed by atoms with Crippen molar-refractivity contribution in [2.24, 2.45) is 5.73 Å². The van der Waals surface area contributed by atoms with Crippen molar-refractivity contribution in [2.45, 2.75) is 51.2 Å². The molecule has 3 rings (SSSR count). The van der Waals surface area contributed by atoms with Crippen LogP contribution >= 0.6 is 0 Å². The lowest BCUT2D eigenvalue weighted by atomic mass is 10.0. The van der Waals surface area contributed by atoms with Crippen LogP contribution in [0.3, 0.4) is 0 Å². The number of hydrogen-bond acceptors (Lipinski definition) is 4. The highest BCUT2D eigenvalue weighted by Gasteiger charge is 2.28. The van der Waals surface area contributed by atoms with Gasteiger partial charge in [0.05, 0.1) is 17.1 Å². The van der Waals surface area contributed by atoms with Crippen molar-refractivity contribution >= 4 is 5.69 Å². The molecule has 0 aromatic carbocycles. The van der Waals surface area contributed by atoms with E-state index in [0.29, 0.717) is 6.10 Å². The number of ether oxygens (including phenoxy) is 1. The highest BCUT2D eigenvalue weighted by atomic mass is 16.5. The van der Waals surface area contributed by atoms with E-state index in [9.17, 15) is 0 Å². The van der Waals surface area contributed by atoms with E-state index < -0.39 is 0 Å². The van der Waals surface area contributed by atoms with Gasteiger partial charge in [-0.05, 0) is 50.8 Å². The van der Waals surface area contributed by atoms with Gasteiger partial charge in [-0.3, -0.25) is 4.98 Å². The second-order valence-electron chi connectivity index (χ2n) is 5.68. The molecule has 1 aromatic heterocycles. The Morgan fingerprint density at radius 2 is 2.35 bits per heavy atom. The number of fused-ring (bicyclic) bond motifs is 1. The van der Waals surface area contributed by atoms with Gasteiger partial charge >= 0.3 is 0 Å². The molecule has 2 heterocycles. The van der Waals surface area contributed by atoms with Crippen molar-refractivity contribution in [1.82, 2.24) is 4.98 Å². The summed E-state index contributed by atoms with van der Waals surface area (Å²) in [5, 5.41) is 0. The molecular formula is C16H23N3O. The average Bonchev–Trinajstić information content (AvgIpc) is 3.29. The van der Waals surface area contributed by atoms with Crippen molar-refractivity contribution in [3.63, 3.8) is 0 Å². The standard InChI is InChI=1S/C16H23N3O/c1-3-13(17)14-8-9-16-15(18-14)5-4-10-19(16)11(2)20-12-6-7-12/h8-9,12-13H,2-7,10,17H2,1H3. The maximum Gasteiger partial charge on any atom is 0.186 e. The zero-order valence-corrected chi connectivity index (χ0v) is 12.1. The van der Waals surface area contributed by atoms with E-state index in [1.54, 1.807) is 0 Å². The van der Waals surface area contributed by atoms with Crippen LogP contribution in [0.2, 0.25) is 0 Å². The number of rotatable bonds is 5. The summed E-state index contributed by atoms with van der Waals surface area (Å²) in [7, 11) is 0. The highest BCUT2D eigenvalue weighted by molar-refractivity contribution is 5.56. The molecule has 20 heavy (non-hydrogen) atoms. The molecule has 1 fully saturated rings. The van der Waals surface area contributed by atoms with E-state index in [4.69, 9.17) is 15.5 Å². The van der Waals surface area contributed by atoms with E-state index in [1.807, 2.05) is 6.07 Å². The molecule has 0 spiro atoms. The lowest BCUT2D eigenvalue weighted by molar-refractivity contribution is 0.189. The van der Waals surface area contributed by atoms with Gasteiger partial charge in [-0.15, -0.1) is 0 Å². The summed E-state index contributed by atoms with van der Waals surface area (Å²) < 4.78 is 5.84. The summed E-state index contributed by atoms with van der Waals surface area (Å²) in [6, 6.07) is 4.19. The Labute approximate surface area is 120 Å². The Hall–Kier alpha value is -1.55. The number of aromatic nitrogens is 1. The minimum Gasteiger partial charge on any atom is -0.476 e. The third kappa shape index (κ3) is 2.66. The lowest BCUT2D eigenvalue weighted by Gasteiger charge is -2.32. The highest BCUT2D eigenvalue weighted by Crippen LogP contribution is 2.33. The van der Waals surface area contributed by atoms with Gasteiger partial charge in [0, 0.05) is 12.6 Å². The smallest absolute Gasteiger partial charge is 0.186 e. The molecule has 1 atom stereocenters. The van der Waals surface area contributed by atoms with Gasteiger partial charge in [0.25, 0.3) is 0 Å². The molecule has 2 N–H and O–H groups in total. The molecule has 0 bridgehead atoms. The maximum absolute atomic E-state index is 6.08. The molecule has 0 radical (unpaired) electrons. The first-order valence-corrected chi connectivity index (χ1v) is 7.57. The molecule has 4 heteroatoms. The third-order valence-electron chi connectivity index (χ3n) is 4.01. The summed E-state index contributed by atoms with van der Waals surface area (Å²) in [5.74, 6) is 0.766. The molecule has 0 saturated heterocycles. The zero-order chi connectivity index (χ0) is 14.1. The average molecular weight is 273 g/mol. The molecule has 4 nitrogen and oxygen atoms in total. The van der Waals surface area contributed by atoms with Crippen molar-refractivity contribution in [3.05, 3.63) is 36.0 Å². The van der Waals surface area contributed by atoms with Gasteiger partial charge in [0.1, 0.15) is 6.10 Å². The van der Waals surface area contributed by atoms with Crippen molar-refractivity contribution in [2.75, 3.05) is 11.4 Å². The van der Waals surface area contributed by atoms with Crippen molar-refractivity contribution < 1.29 is 4.74 Å². The molecule has 1 aromatic rings. The molecule has 0 amide bonds. The topological polar surface area (TPSA) is 51.4 Å².